The Balaban J connectivity index is 1.50. The Morgan fingerprint density at radius 3 is 2.48 bits per heavy atom. The van der Waals surface area contributed by atoms with Crippen molar-refractivity contribution in [3.63, 3.8) is 0 Å². The van der Waals surface area contributed by atoms with Crippen molar-refractivity contribution in [2.75, 3.05) is 17.7 Å². The van der Waals surface area contributed by atoms with Crippen LogP contribution in [0.2, 0.25) is 0 Å². The second kappa shape index (κ2) is 8.53. The van der Waals surface area contributed by atoms with E-state index in [1.807, 2.05) is 19.1 Å². The smallest absolute Gasteiger partial charge is 0.318 e. The molecule has 0 saturated heterocycles. The number of nitrogen functional groups attached to an aromatic ring is 1. The molecule has 0 radical (unpaired) electrons. The molecule has 2 aliphatic rings. The van der Waals surface area contributed by atoms with Gasteiger partial charge in [0.05, 0.1) is 12.8 Å². The van der Waals surface area contributed by atoms with Crippen molar-refractivity contribution in [2.45, 2.75) is 57.4 Å². The second-order valence-corrected chi connectivity index (χ2v) is 8.55. The maximum atomic E-state index is 13.2. The molecule has 1 aromatic heterocycles. The number of nitrogens with zero attached hydrogens (tertiary/aromatic N) is 3. The summed E-state index contributed by atoms with van der Waals surface area (Å²) in [4.78, 5) is 34.3. The first kappa shape index (κ1) is 21.1. The molecule has 1 fully saturated rings. The summed E-state index contributed by atoms with van der Waals surface area (Å²) in [5.41, 5.74) is 9.07. The maximum Gasteiger partial charge on any atom is 0.318 e. The van der Waals surface area contributed by atoms with Gasteiger partial charge in [0.25, 0.3) is 5.91 Å². The van der Waals surface area contributed by atoms with Crippen LogP contribution in [0.4, 0.5) is 11.5 Å². The number of benzene rings is 1. The van der Waals surface area contributed by atoms with E-state index >= 15 is 0 Å². The van der Waals surface area contributed by atoms with Crippen LogP contribution in [0.25, 0.3) is 0 Å². The number of rotatable bonds is 5. The maximum absolute atomic E-state index is 13.2. The third-order valence-electron chi connectivity index (χ3n) is 6.49. The minimum atomic E-state index is -0.709. The Morgan fingerprint density at radius 2 is 1.87 bits per heavy atom. The highest BCUT2D eigenvalue weighted by atomic mass is 16.5. The van der Waals surface area contributed by atoms with E-state index < -0.39 is 5.97 Å². The molecule has 0 spiro atoms. The van der Waals surface area contributed by atoms with Gasteiger partial charge in [-0.2, -0.15) is 9.97 Å². The van der Waals surface area contributed by atoms with Crippen LogP contribution in [0.15, 0.2) is 24.3 Å². The molecule has 4 rings (SSSR count). The van der Waals surface area contributed by atoms with Gasteiger partial charge in [0.2, 0.25) is 0 Å². The number of anilines is 2. The van der Waals surface area contributed by atoms with Crippen molar-refractivity contribution in [3.8, 4) is 6.01 Å². The highest BCUT2D eigenvalue weighted by Gasteiger charge is 2.35. The lowest BCUT2D eigenvalue weighted by atomic mass is 9.77. The van der Waals surface area contributed by atoms with E-state index in [9.17, 15) is 9.59 Å². The predicted molar refractivity (Wildman–Crippen MR) is 116 cm³/mol. The number of ether oxygens (including phenoxy) is 1. The van der Waals surface area contributed by atoms with Gasteiger partial charge < -0.3 is 20.5 Å². The zero-order valence-electron chi connectivity index (χ0n) is 17.9. The monoisotopic (exact) mass is 424 g/mol. The number of carboxylic acids is 1. The highest BCUT2D eigenvalue weighted by molar-refractivity contribution is 6.11. The van der Waals surface area contributed by atoms with Crippen LogP contribution in [0.5, 0.6) is 6.01 Å². The normalized spacial score (nSPS) is 23.4. The topological polar surface area (TPSA) is 119 Å². The molecule has 2 aromatic rings. The molecule has 8 heteroatoms. The fourth-order valence-corrected chi connectivity index (χ4v) is 4.89. The number of aromatic nitrogens is 2. The summed E-state index contributed by atoms with van der Waals surface area (Å²) in [6, 6.07) is 8.24. The molecule has 1 amide bonds. The number of amides is 1. The molecule has 1 aliphatic carbocycles. The van der Waals surface area contributed by atoms with Gasteiger partial charge in [-0.3, -0.25) is 9.59 Å². The summed E-state index contributed by atoms with van der Waals surface area (Å²) in [7, 11) is 1.47. The van der Waals surface area contributed by atoms with Gasteiger partial charge >= 0.3 is 12.0 Å². The van der Waals surface area contributed by atoms with Gasteiger partial charge in [0, 0.05) is 24.6 Å². The zero-order chi connectivity index (χ0) is 22.1. The van der Waals surface area contributed by atoms with Gasteiger partial charge in [-0.15, -0.1) is 0 Å². The van der Waals surface area contributed by atoms with Gasteiger partial charge in [-0.1, -0.05) is 12.1 Å². The average molecular weight is 425 g/mol. The summed E-state index contributed by atoms with van der Waals surface area (Å²) in [6.07, 6.45) is 4.72. The lowest BCUT2D eigenvalue weighted by Gasteiger charge is -2.34. The number of hydrogen-bond donors (Lipinski definition) is 2. The minimum absolute atomic E-state index is 0.0729. The molecule has 0 bridgehead atoms. The van der Waals surface area contributed by atoms with Gasteiger partial charge in [-0.05, 0) is 62.1 Å². The molecule has 31 heavy (non-hydrogen) atoms. The number of nitrogens with two attached hydrogens (primary N) is 1. The van der Waals surface area contributed by atoms with Crippen LogP contribution >= 0.6 is 0 Å². The van der Waals surface area contributed by atoms with Crippen LogP contribution < -0.4 is 15.4 Å². The summed E-state index contributed by atoms with van der Waals surface area (Å²) >= 11 is 0. The Labute approximate surface area is 181 Å². The molecular weight excluding hydrogens is 396 g/mol. The fraction of sp³-hybridized carbons (Fsp3) is 0.478. The summed E-state index contributed by atoms with van der Waals surface area (Å²) in [6.45, 7) is 1.99. The molecule has 8 nitrogen and oxygen atoms in total. The third-order valence-corrected chi connectivity index (χ3v) is 6.49. The molecule has 2 heterocycles. The summed E-state index contributed by atoms with van der Waals surface area (Å²) in [5, 5.41) is 9.00. The van der Waals surface area contributed by atoms with E-state index in [1.54, 1.807) is 4.90 Å². The molecule has 1 atom stereocenters. The minimum Gasteiger partial charge on any atom is -0.481 e. The van der Waals surface area contributed by atoms with Crippen LogP contribution in [0.1, 0.15) is 66.6 Å². The largest absolute Gasteiger partial charge is 0.481 e. The zero-order valence-corrected chi connectivity index (χ0v) is 17.9. The van der Waals surface area contributed by atoms with Crippen molar-refractivity contribution in [2.24, 2.45) is 5.92 Å². The van der Waals surface area contributed by atoms with Gasteiger partial charge in [-0.25, -0.2) is 0 Å². The lowest BCUT2D eigenvalue weighted by molar-refractivity contribution is -0.138. The first-order valence-electron chi connectivity index (χ1n) is 10.7. The number of carboxylic acid groups (broad SMARTS) is 1. The van der Waals surface area contributed by atoms with E-state index in [1.165, 1.54) is 12.7 Å². The molecule has 3 N–H and O–H groups in total. The molecule has 1 aromatic carbocycles. The van der Waals surface area contributed by atoms with Crippen molar-refractivity contribution in [1.29, 1.82) is 0 Å². The van der Waals surface area contributed by atoms with Crippen molar-refractivity contribution in [3.05, 3.63) is 41.1 Å². The first-order valence-corrected chi connectivity index (χ1v) is 10.7. The number of aliphatic carboxylic acids is 1. The average Bonchev–Trinajstić information content (AvgIpc) is 2.73. The van der Waals surface area contributed by atoms with E-state index in [0.29, 0.717) is 23.6 Å². The number of methoxy groups -OCH3 is 1. The lowest BCUT2D eigenvalue weighted by Crippen LogP contribution is -2.45. The SMILES string of the molecule is COc1nc(N)c2c(n1)CC(C)N(c1ccc([C@H]3CC[C@H](CC(=O)O)CC3)cc1)C2=O. The molecule has 1 unspecified atom stereocenters. The Kier molecular flexibility index (Phi) is 5.80. The summed E-state index contributed by atoms with van der Waals surface area (Å²) < 4.78 is 5.08. The fourth-order valence-electron chi connectivity index (χ4n) is 4.89. The Morgan fingerprint density at radius 1 is 1.19 bits per heavy atom. The van der Waals surface area contributed by atoms with E-state index in [4.69, 9.17) is 15.6 Å². The Hall–Kier alpha value is -3.16. The van der Waals surface area contributed by atoms with Crippen molar-refractivity contribution in [1.82, 2.24) is 9.97 Å². The quantitative estimate of drug-likeness (QED) is 0.755. The van der Waals surface area contributed by atoms with E-state index in [2.05, 4.69) is 22.1 Å². The molecule has 164 valence electrons. The third kappa shape index (κ3) is 4.19. The van der Waals surface area contributed by atoms with Gasteiger partial charge in [0.1, 0.15) is 11.4 Å². The number of carbonyl (C=O) groups is 2. The van der Waals surface area contributed by atoms with Crippen LogP contribution in [-0.2, 0) is 11.2 Å². The molecule has 1 saturated carbocycles. The van der Waals surface area contributed by atoms with E-state index in [-0.39, 0.29) is 36.1 Å². The van der Waals surface area contributed by atoms with Crippen molar-refractivity contribution < 1.29 is 19.4 Å². The number of carbonyl (C=O) groups excluding carboxylic acids is 1. The van der Waals surface area contributed by atoms with Crippen LogP contribution in [0.3, 0.4) is 0 Å². The first-order chi connectivity index (χ1) is 14.9. The Bertz CT molecular complexity index is 984. The second-order valence-electron chi connectivity index (χ2n) is 8.55. The molecular formula is C23H28N4O4. The van der Waals surface area contributed by atoms with Crippen molar-refractivity contribution >= 4 is 23.4 Å². The predicted octanol–water partition coefficient (Wildman–Crippen LogP) is 3.41. The number of fused-ring (bicyclic) bond motifs is 1. The van der Waals surface area contributed by atoms with E-state index in [0.717, 1.165) is 31.4 Å². The highest BCUT2D eigenvalue weighted by Crippen LogP contribution is 2.38. The van der Waals surface area contributed by atoms with Gasteiger partial charge in [0.15, 0.2) is 0 Å². The van der Waals surface area contributed by atoms with Crippen LogP contribution in [-0.4, -0.2) is 40.1 Å². The van der Waals surface area contributed by atoms with Crippen LogP contribution in [0, 0.1) is 5.92 Å². The standard InChI is InChI=1S/C23H28N4O4/c1-13-11-18-20(21(24)26-23(25-18)31-2)22(30)27(13)17-9-7-16(8-10-17)15-5-3-14(4-6-15)12-19(28)29/h7-10,13-15H,3-6,11-12H2,1-2H3,(H,28,29)(H2,24,25,26)/t13?,14-,15-. The molecule has 1 aliphatic heterocycles. The summed E-state index contributed by atoms with van der Waals surface area (Å²) in [5.74, 6) is -0.0504. The number of hydrogen-bond acceptors (Lipinski definition) is 6.